The van der Waals surface area contributed by atoms with Crippen LogP contribution in [-0.2, 0) is 14.9 Å². The van der Waals surface area contributed by atoms with Crippen molar-refractivity contribution >= 4 is 5.91 Å². The van der Waals surface area contributed by atoms with Crippen LogP contribution in [0.1, 0.15) is 57.1 Å². The van der Waals surface area contributed by atoms with E-state index in [1.807, 2.05) is 12.1 Å². The predicted molar refractivity (Wildman–Crippen MR) is 111 cm³/mol. The molecule has 0 spiro atoms. The van der Waals surface area contributed by atoms with E-state index in [2.05, 4.69) is 55.6 Å². The lowest BCUT2D eigenvalue weighted by atomic mass is 9.74. The van der Waals surface area contributed by atoms with Crippen LogP contribution in [0.2, 0.25) is 0 Å². The molecule has 1 aliphatic rings. The van der Waals surface area contributed by atoms with Crippen LogP contribution >= 0.6 is 0 Å². The van der Waals surface area contributed by atoms with Crippen molar-refractivity contribution in [1.82, 2.24) is 5.32 Å². The van der Waals surface area contributed by atoms with Gasteiger partial charge in [0.05, 0.1) is 0 Å². The van der Waals surface area contributed by atoms with Crippen molar-refractivity contribution in [3.05, 3.63) is 59.7 Å². The number of unbranched alkanes of at least 4 members (excludes halogenated alkanes) is 1. The van der Waals surface area contributed by atoms with Gasteiger partial charge in [-0.15, -0.1) is 0 Å². The van der Waals surface area contributed by atoms with Gasteiger partial charge in [-0.2, -0.15) is 0 Å². The third-order valence-electron chi connectivity index (χ3n) is 5.47. The molecule has 0 aliphatic heterocycles. The molecular formula is C24H31NO2. The maximum Gasteiger partial charge on any atom is 0.235 e. The normalized spacial score (nSPS) is 13.9. The average molecular weight is 366 g/mol. The highest BCUT2D eigenvalue weighted by Crippen LogP contribution is 2.51. The zero-order valence-electron chi connectivity index (χ0n) is 16.6. The molecule has 2 aromatic rings. The van der Waals surface area contributed by atoms with Crippen LogP contribution in [0, 0.1) is 0 Å². The summed E-state index contributed by atoms with van der Waals surface area (Å²) < 4.78 is 5.62. The molecule has 0 fully saturated rings. The summed E-state index contributed by atoms with van der Waals surface area (Å²) in [7, 11) is 0. The first-order chi connectivity index (χ1) is 13.3. The zero-order chi connectivity index (χ0) is 19.1. The molecule has 3 heteroatoms. The minimum atomic E-state index is -0.578. The van der Waals surface area contributed by atoms with Gasteiger partial charge in [0.2, 0.25) is 5.91 Å². The fourth-order valence-electron chi connectivity index (χ4n) is 4.20. The lowest BCUT2D eigenvalue weighted by Crippen LogP contribution is -2.44. The molecule has 1 amide bonds. The molecule has 27 heavy (non-hydrogen) atoms. The Hall–Kier alpha value is -2.13. The fraction of sp³-hybridized carbons (Fsp3) is 0.458. The van der Waals surface area contributed by atoms with Crippen molar-refractivity contribution < 1.29 is 9.53 Å². The Labute approximate surface area is 163 Å². The number of rotatable bonds is 10. The minimum Gasteiger partial charge on any atom is -0.381 e. The van der Waals surface area contributed by atoms with Crippen LogP contribution < -0.4 is 5.32 Å². The molecule has 0 bridgehead atoms. The molecule has 0 saturated heterocycles. The first kappa shape index (κ1) is 19.6. The highest BCUT2D eigenvalue weighted by atomic mass is 16.5. The summed E-state index contributed by atoms with van der Waals surface area (Å²) in [4.78, 5) is 13.5. The monoisotopic (exact) mass is 365 g/mol. The van der Waals surface area contributed by atoms with Gasteiger partial charge in [-0.05, 0) is 41.5 Å². The van der Waals surface area contributed by atoms with Crippen molar-refractivity contribution in [3.63, 3.8) is 0 Å². The van der Waals surface area contributed by atoms with Gasteiger partial charge in [0.15, 0.2) is 0 Å². The van der Waals surface area contributed by atoms with Crippen molar-refractivity contribution in [2.75, 3.05) is 19.8 Å². The van der Waals surface area contributed by atoms with E-state index >= 15 is 0 Å². The second-order valence-corrected chi connectivity index (χ2v) is 7.32. The Morgan fingerprint density at radius 3 is 2.07 bits per heavy atom. The van der Waals surface area contributed by atoms with Crippen molar-refractivity contribution in [3.8, 4) is 11.1 Å². The zero-order valence-corrected chi connectivity index (χ0v) is 16.6. The van der Waals surface area contributed by atoms with E-state index in [1.54, 1.807) is 0 Å². The Bertz CT molecular complexity index is 723. The quantitative estimate of drug-likeness (QED) is 0.597. The van der Waals surface area contributed by atoms with Gasteiger partial charge in [0.25, 0.3) is 0 Å². The molecule has 3 nitrogen and oxygen atoms in total. The predicted octanol–water partition coefficient (Wildman–Crippen LogP) is 5.08. The van der Waals surface area contributed by atoms with E-state index in [1.165, 1.54) is 11.1 Å². The first-order valence-electron chi connectivity index (χ1n) is 10.3. The molecule has 0 saturated carbocycles. The van der Waals surface area contributed by atoms with Crippen molar-refractivity contribution in [2.24, 2.45) is 0 Å². The third-order valence-corrected chi connectivity index (χ3v) is 5.47. The maximum absolute atomic E-state index is 13.5. The third kappa shape index (κ3) is 3.79. The Morgan fingerprint density at radius 1 is 0.889 bits per heavy atom. The Morgan fingerprint density at radius 2 is 1.48 bits per heavy atom. The number of fused-ring (bicyclic) bond motifs is 3. The molecule has 2 aromatic carbocycles. The van der Waals surface area contributed by atoms with Crippen LogP contribution in [0.15, 0.2) is 48.5 Å². The number of ether oxygens (including phenoxy) is 1. The average Bonchev–Trinajstić information content (AvgIpc) is 2.99. The van der Waals surface area contributed by atoms with Gasteiger partial charge >= 0.3 is 0 Å². The molecule has 3 rings (SSSR count). The summed E-state index contributed by atoms with van der Waals surface area (Å²) in [6.07, 6.45) is 4.87. The molecular weight excluding hydrogens is 334 g/mol. The summed E-state index contributed by atoms with van der Waals surface area (Å²) in [5.41, 5.74) is 4.10. The molecule has 0 aromatic heterocycles. The van der Waals surface area contributed by atoms with Crippen LogP contribution in [-0.4, -0.2) is 25.7 Å². The molecule has 0 unspecified atom stereocenters. The SMILES string of the molecule is CCCCOCCCNC(=O)C1(CCC)c2ccccc2-c2ccccc21. The largest absolute Gasteiger partial charge is 0.381 e. The van der Waals surface area contributed by atoms with E-state index in [4.69, 9.17) is 4.74 Å². The van der Waals surface area contributed by atoms with Gasteiger partial charge in [-0.25, -0.2) is 0 Å². The van der Waals surface area contributed by atoms with E-state index < -0.39 is 5.41 Å². The summed E-state index contributed by atoms with van der Waals surface area (Å²) >= 11 is 0. The second-order valence-electron chi connectivity index (χ2n) is 7.32. The second kappa shape index (κ2) is 9.18. The minimum absolute atomic E-state index is 0.121. The summed E-state index contributed by atoms with van der Waals surface area (Å²) in [5.74, 6) is 0.121. The lowest BCUT2D eigenvalue weighted by molar-refractivity contribution is -0.125. The number of hydrogen-bond acceptors (Lipinski definition) is 2. The van der Waals surface area contributed by atoms with Gasteiger partial charge in [-0.3, -0.25) is 4.79 Å². The molecule has 0 heterocycles. The van der Waals surface area contributed by atoms with Crippen molar-refractivity contribution in [2.45, 2.75) is 51.4 Å². The molecule has 1 N–H and O–H groups in total. The number of carbonyl (C=O) groups is 1. The number of hydrogen-bond donors (Lipinski definition) is 1. The summed E-state index contributed by atoms with van der Waals surface area (Å²) in [6.45, 7) is 6.48. The van der Waals surface area contributed by atoms with Gasteiger partial charge in [0.1, 0.15) is 5.41 Å². The Balaban J connectivity index is 1.78. The highest BCUT2D eigenvalue weighted by molar-refractivity contribution is 6.00. The smallest absolute Gasteiger partial charge is 0.235 e. The van der Waals surface area contributed by atoms with Crippen molar-refractivity contribution in [1.29, 1.82) is 0 Å². The van der Waals surface area contributed by atoms with E-state index in [9.17, 15) is 4.79 Å². The van der Waals surface area contributed by atoms with E-state index in [0.29, 0.717) is 13.2 Å². The molecule has 144 valence electrons. The van der Waals surface area contributed by atoms with E-state index in [0.717, 1.165) is 49.8 Å². The number of amides is 1. The lowest BCUT2D eigenvalue weighted by Gasteiger charge is -2.30. The summed E-state index contributed by atoms with van der Waals surface area (Å²) in [6, 6.07) is 16.7. The topological polar surface area (TPSA) is 38.3 Å². The number of carbonyl (C=O) groups excluding carboxylic acids is 1. The van der Waals surface area contributed by atoms with E-state index in [-0.39, 0.29) is 5.91 Å². The standard InChI is InChI=1S/C24H31NO2/c1-3-5-17-27-18-10-16-25-23(26)24(15-4-2)21-13-8-6-11-19(21)20-12-7-9-14-22(20)24/h6-9,11-14H,3-5,10,15-18H2,1-2H3,(H,25,26). The van der Waals surface area contributed by atoms with Crippen LogP contribution in [0.25, 0.3) is 11.1 Å². The Kier molecular flexibility index (Phi) is 6.68. The van der Waals surface area contributed by atoms with Crippen LogP contribution in [0.5, 0.6) is 0 Å². The number of benzene rings is 2. The van der Waals surface area contributed by atoms with Gasteiger partial charge < -0.3 is 10.1 Å². The summed E-state index contributed by atoms with van der Waals surface area (Å²) in [5, 5.41) is 3.20. The first-order valence-corrected chi connectivity index (χ1v) is 10.3. The maximum atomic E-state index is 13.5. The van der Waals surface area contributed by atoms with Gasteiger partial charge in [-0.1, -0.05) is 75.2 Å². The van der Waals surface area contributed by atoms with Gasteiger partial charge in [0, 0.05) is 19.8 Å². The highest BCUT2D eigenvalue weighted by Gasteiger charge is 2.47. The van der Waals surface area contributed by atoms with Crippen LogP contribution in [0.4, 0.5) is 0 Å². The fourth-order valence-corrected chi connectivity index (χ4v) is 4.20. The van der Waals surface area contributed by atoms with Crippen LogP contribution in [0.3, 0.4) is 0 Å². The molecule has 0 radical (unpaired) electrons. The number of nitrogens with one attached hydrogen (secondary N) is 1. The molecule has 1 aliphatic carbocycles. The molecule has 0 atom stereocenters.